The Kier molecular flexibility index (Phi) is 4.23. The van der Waals surface area contributed by atoms with Gasteiger partial charge in [-0.2, -0.15) is 11.3 Å². The van der Waals surface area contributed by atoms with Crippen LogP contribution in [0.3, 0.4) is 0 Å². The van der Waals surface area contributed by atoms with Crippen molar-refractivity contribution in [2.24, 2.45) is 5.92 Å². The third-order valence-electron chi connectivity index (χ3n) is 3.78. The van der Waals surface area contributed by atoms with E-state index in [1.54, 1.807) is 11.3 Å². The molecule has 0 aliphatic carbocycles. The lowest BCUT2D eigenvalue weighted by molar-refractivity contribution is 0.0410. The van der Waals surface area contributed by atoms with Crippen LogP contribution in [0.1, 0.15) is 38.7 Å². The summed E-state index contributed by atoms with van der Waals surface area (Å²) in [6.45, 7) is 6.92. The van der Waals surface area contributed by atoms with Crippen molar-refractivity contribution in [1.29, 1.82) is 0 Å². The molecule has 1 N–H and O–H groups in total. The smallest absolute Gasteiger partial charge is 0.0615 e. The lowest BCUT2D eigenvalue weighted by atomic mass is 9.87. The first-order valence-corrected chi connectivity index (χ1v) is 7.47. The molecule has 96 valence electrons. The van der Waals surface area contributed by atoms with E-state index in [9.17, 15) is 5.11 Å². The van der Waals surface area contributed by atoms with Gasteiger partial charge in [0.1, 0.15) is 0 Å². The number of aliphatic hydroxyl groups excluding tert-OH is 1. The molecule has 0 unspecified atom stereocenters. The van der Waals surface area contributed by atoms with Crippen LogP contribution in [-0.4, -0.2) is 28.7 Å². The van der Waals surface area contributed by atoms with E-state index in [1.807, 2.05) is 0 Å². The molecule has 0 spiro atoms. The summed E-state index contributed by atoms with van der Waals surface area (Å²) >= 11 is 1.76. The summed E-state index contributed by atoms with van der Waals surface area (Å²) in [5.41, 5.74) is 1.43. The predicted octanol–water partition coefficient (Wildman–Crippen LogP) is 3.12. The molecule has 0 radical (unpaired) electrons. The van der Waals surface area contributed by atoms with Crippen molar-refractivity contribution >= 4 is 11.3 Å². The maximum absolute atomic E-state index is 9.83. The van der Waals surface area contributed by atoms with E-state index in [-0.39, 0.29) is 5.54 Å². The molecule has 0 amide bonds. The number of likely N-dealkylation sites (tertiary alicyclic amines) is 1. The minimum atomic E-state index is 0.0378. The molecular weight excluding hydrogens is 230 g/mol. The number of nitrogens with zero attached hydrogens (tertiary/aromatic N) is 1. The molecule has 1 saturated heterocycles. The van der Waals surface area contributed by atoms with E-state index in [1.165, 1.54) is 12.0 Å². The fraction of sp³-hybridized carbons (Fsp3) is 0.714. The van der Waals surface area contributed by atoms with Gasteiger partial charge in [0.2, 0.25) is 0 Å². The zero-order valence-corrected chi connectivity index (χ0v) is 11.7. The lowest BCUT2D eigenvalue weighted by Crippen LogP contribution is -2.47. The zero-order valence-electron chi connectivity index (χ0n) is 10.9. The third-order valence-corrected chi connectivity index (χ3v) is 4.51. The monoisotopic (exact) mass is 253 g/mol. The Bertz CT molecular complexity index is 336. The Morgan fingerprint density at radius 3 is 2.94 bits per heavy atom. The van der Waals surface area contributed by atoms with Gasteiger partial charge in [-0.15, -0.1) is 0 Å². The van der Waals surface area contributed by atoms with Crippen LogP contribution in [0.15, 0.2) is 16.8 Å². The SMILES string of the molecule is CC(C)C[C@@]1(CO)CCCN1Cc1ccsc1. The molecule has 1 fully saturated rings. The minimum Gasteiger partial charge on any atom is -0.394 e. The van der Waals surface area contributed by atoms with Gasteiger partial charge >= 0.3 is 0 Å². The van der Waals surface area contributed by atoms with Gasteiger partial charge in [-0.05, 0) is 54.1 Å². The predicted molar refractivity (Wildman–Crippen MR) is 73.2 cm³/mol. The first kappa shape index (κ1) is 13.1. The van der Waals surface area contributed by atoms with Gasteiger partial charge in [0.25, 0.3) is 0 Å². The first-order valence-electron chi connectivity index (χ1n) is 6.53. The summed E-state index contributed by atoms with van der Waals surface area (Å²) in [5.74, 6) is 0.644. The van der Waals surface area contributed by atoms with Crippen molar-refractivity contribution in [3.05, 3.63) is 22.4 Å². The highest BCUT2D eigenvalue weighted by molar-refractivity contribution is 7.07. The molecule has 2 nitrogen and oxygen atoms in total. The maximum Gasteiger partial charge on any atom is 0.0615 e. The van der Waals surface area contributed by atoms with Crippen LogP contribution in [0.4, 0.5) is 0 Å². The van der Waals surface area contributed by atoms with Gasteiger partial charge in [0.05, 0.1) is 6.61 Å². The van der Waals surface area contributed by atoms with Crippen molar-refractivity contribution in [1.82, 2.24) is 4.90 Å². The Balaban J connectivity index is 2.08. The fourth-order valence-electron chi connectivity index (χ4n) is 3.08. The van der Waals surface area contributed by atoms with E-state index < -0.39 is 0 Å². The van der Waals surface area contributed by atoms with Crippen molar-refractivity contribution in [2.45, 2.75) is 45.2 Å². The molecule has 17 heavy (non-hydrogen) atoms. The Hall–Kier alpha value is -0.380. The highest BCUT2D eigenvalue weighted by atomic mass is 32.1. The van der Waals surface area contributed by atoms with E-state index in [0.29, 0.717) is 12.5 Å². The number of aliphatic hydroxyl groups is 1. The van der Waals surface area contributed by atoms with Gasteiger partial charge < -0.3 is 5.11 Å². The average molecular weight is 253 g/mol. The largest absolute Gasteiger partial charge is 0.394 e. The van der Waals surface area contributed by atoms with Crippen LogP contribution >= 0.6 is 11.3 Å². The van der Waals surface area contributed by atoms with E-state index in [2.05, 4.69) is 35.6 Å². The highest BCUT2D eigenvalue weighted by Gasteiger charge is 2.40. The fourth-order valence-corrected chi connectivity index (χ4v) is 3.74. The van der Waals surface area contributed by atoms with Crippen LogP contribution in [0, 0.1) is 5.92 Å². The number of rotatable bonds is 5. The third kappa shape index (κ3) is 2.90. The summed E-state index contributed by atoms with van der Waals surface area (Å²) in [6, 6.07) is 2.19. The number of thiophene rings is 1. The standard InChI is InChI=1S/C14H23NOS/c1-12(2)8-14(11-16)5-3-6-15(14)9-13-4-7-17-10-13/h4,7,10,12,16H,3,5-6,8-9,11H2,1-2H3/t14-/m1/s1. The summed E-state index contributed by atoms with van der Waals surface area (Å²) in [4.78, 5) is 2.50. The zero-order chi connectivity index (χ0) is 12.3. The summed E-state index contributed by atoms with van der Waals surface area (Å²) in [7, 11) is 0. The molecule has 1 aromatic rings. The number of hydrogen-bond donors (Lipinski definition) is 1. The van der Waals surface area contributed by atoms with Crippen LogP contribution in [0.25, 0.3) is 0 Å². The molecule has 0 aromatic carbocycles. The molecule has 1 atom stereocenters. The average Bonchev–Trinajstić information content (AvgIpc) is 2.90. The molecule has 1 aliphatic heterocycles. The normalized spacial score (nSPS) is 25.9. The molecule has 0 saturated carbocycles. The van der Waals surface area contributed by atoms with E-state index in [0.717, 1.165) is 25.9 Å². The van der Waals surface area contributed by atoms with Crippen molar-refractivity contribution in [3.8, 4) is 0 Å². The van der Waals surface area contributed by atoms with Crippen molar-refractivity contribution < 1.29 is 5.11 Å². The molecule has 3 heteroatoms. The first-order chi connectivity index (χ1) is 8.16. The second kappa shape index (κ2) is 5.51. The minimum absolute atomic E-state index is 0.0378. The van der Waals surface area contributed by atoms with Crippen molar-refractivity contribution in [2.75, 3.05) is 13.2 Å². The molecule has 0 bridgehead atoms. The van der Waals surface area contributed by atoms with Gasteiger partial charge in [-0.1, -0.05) is 13.8 Å². The van der Waals surface area contributed by atoms with E-state index in [4.69, 9.17) is 0 Å². The maximum atomic E-state index is 9.83. The van der Waals surface area contributed by atoms with Crippen LogP contribution in [0.5, 0.6) is 0 Å². The second-order valence-electron chi connectivity index (χ2n) is 5.64. The highest BCUT2D eigenvalue weighted by Crippen LogP contribution is 2.36. The van der Waals surface area contributed by atoms with Gasteiger partial charge in [-0.25, -0.2) is 0 Å². The van der Waals surface area contributed by atoms with Gasteiger partial charge in [0, 0.05) is 12.1 Å². The summed E-state index contributed by atoms with van der Waals surface area (Å²) in [5, 5.41) is 14.2. The Morgan fingerprint density at radius 2 is 2.35 bits per heavy atom. The van der Waals surface area contributed by atoms with Crippen LogP contribution in [-0.2, 0) is 6.54 Å². The van der Waals surface area contributed by atoms with E-state index >= 15 is 0 Å². The topological polar surface area (TPSA) is 23.5 Å². The van der Waals surface area contributed by atoms with Crippen LogP contribution in [0.2, 0.25) is 0 Å². The van der Waals surface area contributed by atoms with Crippen molar-refractivity contribution in [3.63, 3.8) is 0 Å². The number of hydrogen-bond acceptors (Lipinski definition) is 3. The lowest BCUT2D eigenvalue weighted by Gasteiger charge is -2.38. The van der Waals surface area contributed by atoms with Gasteiger partial charge in [0.15, 0.2) is 0 Å². The quantitative estimate of drug-likeness (QED) is 0.871. The van der Waals surface area contributed by atoms with Gasteiger partial charge in [-0.3, -0.25) is 4.90 Å². The second-order valence-corrected chi connectivity index (χ2v) is 6.42. The molecule has 2 heterocycles. The Morgan fingerprint density at radius 1 is 1.53 bits per heavy atom. The summed E-state index contributed by atoms with van der Waals surface area (Å²) in [6.07, 6.45) is 3.47. The summed E-state index contributed by atoms with van der Waals surface area (Å²) < 4.78 is 0. The molecule has 1 aromatic heterocycles. The van der Waals surface area contributed by atoms with Crippen LogP contribution < -0.4 is 0 Å². The molecule has 1 aliphatic rings. The molecular formula is C14H23NOS. The molecule has 2 rings (SSSR count). The Labute approximate surface area is 108 Å².